The lowest BCUT2D eigenvalue weighted by atomic mass is 10.1. The summed E-state index contributed by atoms with van der Waals surface area (Å²) >= 11 is 0. The Morgan fingerprint density at radius 2 is 2.40 bits per heavy atom. The van der Waals surface area contributed by atoms with Crippen LogP contribution in [0.3, 0.4) is 0 Å². The molecule has 82 valence electrons. The van der Waals surface area contributed by atoms with Crippen LogP contribution in [0.2, 0.25) is 0 Å². The zero-order valence-electron chi connectivity index (χ0n) is 9.48. The largest absolute Gasteiger partial charge is 0.368 e. The molecule has 1 aromatic rings. The van der Waals surface area contributed by atoms with E-state index in [1.165, 1.54) is 17.7 Å². The molecule has 2 N–H and O–H groups in total. The molecule has 1 aromatic heterocycles. The average Bonchev–Trinajstić information content (AvgIpc) is 2.60. The summed E-state index contributed by atoms with van der Waals surface area (Å²) in [5.41, 5.74) is 8.30. The van der Waals surface area contributed by atoms with Crippen LogP contribution >= 0.6 is 0 Å². The van der Waals surface area contributed by atoms with E-state index in [0.29, 0.717) is 12.0 Å². The maximum atomic E-state index is 5.74. The monoisotopic (exact) mass is 205 g/mol. The maximum Gasteiger partial charge on any atom is 0.0429 e. The van der Waals surface area contributed by atoms with Crippen LogP contribution in [0.25, 0.3) is 0 Å². The van der Waals surface area contributed by atoms with Crippen molar-refractivity contribution in [2.75, 3.05) is 18.0 Å². The minimum absolute atomic E-state index is 0.597. The lowest BCUT2D eigenvalue weighted by Crippen LogP contribution is -2.28. The quantitative estimate of drug-likeness (QED) is 0.796. The van der Waals surface area contributed by atoms with E-state index in [1.807, 2.05) is 12.4 Å². The second kappa shape index (κ2) is 4.19. The number of nitrogens with two attached hydrogens (primary N) is 1. The van der Waals surface area contributed by atoms with Gasteiger partial charge >= 0.3 is 0 Å². The van der Waals surface area contributed by atoms with Gasteiger partial charge in [0.15, 0.2) is 0 Å². The third-order valence-electron chi connectivity index (χ3n) is 3.29. The number of aromatic nitrogens is 1. The van der Waals surface area contributed by atoms with Gasteiger partial charge in [-0.25, -0.2) is 0 Å². The Bertz CT molecular complexity index is 337. The summed E-state index contributed by atoms with van der Waals surface area (Å²) in [6.07, 6.45) is 5.00. The van der Waals surface area contributed by atoms with Crippen LogP contribution in [-0.2, 0) is 0 Å². The van der Waals surface area contributed by atoms with E-state index in [9.17, 15) is 0 Å². The van der Waals surface area contributed by atoms with E-state index in [1.54, 1.807) is 0 Å². The summed E-state index contributed by atoms with van der Waals surface area (Å²) in [5.74, 6) is 0.646. The number of hydrogen-bond acceptors (Lipinski definition) is 3. The van der Waals surface area contributed by atoms with Crippen molar-refractivity contribution in [3.8, 4) is 0 Å². The molecule has 0 spiro atoms. The molecule has 1 fully saturated rings. The first-order valence-corrected chi connectivity index (χ1v) is 5.59. The first-order chi connectivity index (χ1) is 7.22. The fourth-order valence-corrected chi connectivity index (χ4v) is 2.44. The Balaban J connectivity index is 2.21. The summed E-state index contributed by atoms with van der Waals surface area (Å²) in [7, 11) is 0. The Kier molecular flexibility index (Phi) is 2.91. The Morgan fingerprint density at radius 1 is 1.60 bits per heavy atom. The molecule has 1 aliphatic heterocycles. The summed E-state index contributed by atoms with van der Waals surface area (Å²) in [4.78, 5) is 6.58. The van der Waals surface area contributed by atoms with Crippen molar-refractivity contribution < 1.29 is 0 Å². The molecular weight excluding hydrogens is 186 g/mol. The Hall–Kier alpha value is -1.09. The van der Waals surface area contributed by atoms with Gasteiger partial charge < -0.3 is 10.6 Å². The molecule has 3 nitrogen and oxygen atoms in total. The summed E-state index contributed by atoms with van der Waals surface area (Å²) in [5, 5.41) is 0. The van der Waals surface area contributed by atoms with Crippen LogP contribution in [0.5, 0.6) is 0 Å². The van der Waals surface area contributed by atoms with Crippen LogP contribution in [-0.4, -0.2) is 24.1 Å². The van der Waals surface area contributed by atoms with Crippen molar-refractivity contribution in [2.45, 2.75) is 26.3 Å². The van der Waals surface area contributed by atoms with E-state index in [4.69, 9.17) is 5.73 Å². The molecule has 2 rings (SSSR count). The zero-order valence-corrected chi connectivity index (χ0v) is 9.48. The summed E-state index contributed by atoms with van der Waals surface area (Å²) < 4.78 is 0. The number of pyridine rings is 1. The topological polar surface area (TPSA) is 42.2 Å². The number of anilines is 1. The first-order valence-electron chi connectivity index (χ1n) is 5.59. The van der Waals surface area contributed by atoms with Crippen LogP contribution in [0.15, 0.2) is 18.5 Å². The molecule has 0 amide bonds. The van der Waals surface area contributed by atoms with Crippen LogP contribution < -0.4 is 10.6 Å². The first kappa shape index (κ1) is 10.4. The molecule has 0 bridgehead atoms. The van der Waals surface area contributed by atoms with Crippen LogP contribution in [0, 0.1) is 12.8 Å². The average molecular weight is 205 g/mol. The smallest absolute Gasteiger partial charge is 0.0429 e. The van der Waals surface area contributed by atoms with E-state index < -0.39 is 0 Å². The van der Waals surface area contributed by atoms with Gasteiger partial charge in [-0.3, -0.25) is 4.98 Å². The van der Waals surface area contributed by atoms with Gasteiger partial charge in [0.1, 0.15) is 0 Å². The number of nitrogens with zero attached hydrogens (tertiary/aromatic N) is 2. The molecule has 1 saturated heterocycles. The lowest BCUT2D eigenvalue weighted by Gasteiger charge is -2.25. The van der Waals surface area contributed by atoms with E-state index in [2.05, 4.69) is 29.8 Å². The molecule has 0 radical (unpaired) electrons. The molecule has 2 atom stereocenters. The van der Waals surface area contributed by atoms with Gasteiger partial charge in [-0.2, -0.15) is 0 Å². The number of rotatable bonds is 2. The fraction of sp³-hybridized carbons (Fsp3) is 0.583. The van der Waals surface area contributed by atoms with Gasteiger partial charge in [0, 0.05) is 30.7 Å². The summed E-state index contributed by atoms with van der Waals surface area (Å²) in [6.45, 7) is 6.27. The highest BCUT2D eigenvalue weighted by atomic mass is 15.2. The van der Waals surface area contributed by atoms with Crippen molar-refractivity contribution in [1.29, 1.82) is 0 Å². The molecule has 15 heavy (non-hydrogen) atoms. The minimum atomic E-state index is 0.597. The predicted octanol–water partition coefficient (Wildman–Crippen LogP) is 1.56. The predicted molar refractivity (Wildman–Crippen MR) is 62.9 cm³/mol. The van der Waals surface area contributed by atoms with Crippen molar-refractivity contribution >= 4 is 5.69 Å². The van der Waals surface area contributed by atoms with Crippen molar-refractivity contribution in [3.05, 3.63) is 24.0 Å². The van der Waals surface area contributed by atoms with Crippen molar-refractivity contribution in [3.63, 3.8) is 0 Å². The Labute approximate surface area is 91.3 Å². The second-order valence-corrected chi connectivity index (χ2v) is 4.50. The third-order valence-corrected chi connectivity index (χ3v) is 3.29. The van der Waals surface area contributed by atoms with E-state index >= 15 is 0 Å². The molecular formula is C12H19N3. The highest BCUT2D eigenvalue weighted by Crippen LogP contribution is 2.29. The number of aryl methyl sites for hydroxylation is 1. The SMILES string of the molecule is Cc1cnccc1N1CC(CN)CC1C. The molecule has 0 saturated carbocycles. The highest BCUT2D eigenvalue weighted by molar-refractivity contribution is 5.53. The van der Waals surface area contributed by atoms with Crippen LogP contribution in [0.1, 0.15) is 18.9 Å². The minimum Gasteiger partial charge on any atom is -0.368 e. The zero-order chi connectivity index (χ0) is 10.8. The normalized spacial score (nSPS) is 25.9. The van der Waals surface area contributed by atoms with Crippen molar-refractivity contribution in [2.24, 2.45) is 11.7 Å². The molecule has 0 aliphatic carbocycles. The van der Waals surface area contributed by atoms with E-state index in [0.717, 1.165) is 13.1 Å². The molecule has 2 unspecified atom stereocenters. The lowest BCUT2D eigenvalue weighted by molar-refractivity contribution is 0.579. The van der Waals surface area contributed by atoms with Gasteiger partial charge in [0.05, 0.1) is 0 Å². The summed E-state index contributed by atoms with van der Waals surface area (Å²) in [6, 6.07) is 2.70. The van der Waals surface area contributed by atoms with E-state index in [-0.39, 0.29) is 0 Å². The van der Waals surface area contributed by atoms with Gasteiger partial charge in [-0.05, 0) is 44.4 Å². The van der Waals surface area contributed by atoms with Gasteiger partial charge in [-0.15, -0.1) is 0 Å². The number of hydrogen-bond donors (Lipinski definition) is 1. The second-order valence-electron chi connectivity index (χ2n) is 4.50. The maximum absolute atomic E-state index is 5.74. The molecule has 0 aromatic carbocycles. The Morgan fingerprint density at radius 3 is 3.00 bits per heavy atom. The van der Waals surface area contributed by atoms with Gasteiger partial charge in [0.25, 0.3) is 0 Å². The molecule has 3 heteroatoms. The van der Waals surface area contributed by atoms with Gasteiger partial charge in [0.2, 0.25) is 0 Å². The standard InChI is InChI=1S/C12H19N3/c1-9-7-14-4-3-12(9)15-8-11(6-13)5-10(15)2/h3-4,7,10-11H,5-6,8,13H2,1-2H3. The highest BCUT2D eigenvalue weighted by Gasteiger charge is 2.28. The van der Waals surface area contributed by atoms with Crippen molar-refractivity contribution in [1.82, 2.24) is 4.98 Å². The molecule has 2 heterocycles. The third kappa shape index (κ3) is 1.97. The van der Waals surface area contributed by atoms with Crippen LogP contribution in [0.4, 0.5) is 5.69 Å². The fourth-order valence-electron chi connectivity index (χ4n) is 2.44. The van der Waals surface area contributed by atoms with Gasteiger partial charge in [-0.1, -0.05) is 0 Å². The molecule has 1 aliphatic rings.